The molecule has 1 saturated carbocycles. The molecule has 0 radical (unpaired) electrons. The Hall–Kier alpha value is -1.18. The number of aromatic carboxylic acids is 1. The van der Waals surface area contributed by atoms with E-state index in [9.17, 15) is 14.7 Å². The van der Waals surface area contributed by atoms with Crippen molar-refractivity contribution < 1.29 is 19.8 Å². The number of carboxylic acids is 1. The van der Waals surface area contributed by atoms with Gasteiger partial charge in [0.25, 0.3) is 0 Å². The van der Waals surface area contributed by atoms with Gasteiger partial charge in [0.1, 0.15) is 5.78 Å². The summed E-state index contributed by atoms with van der Waals surface area (Å²) in [4.78, 5) is 27.3. The van der Waals surface area contributed by atoms with Gasteiger partial charge in [0.15, 0.2) is 10.0 Å². The number of aromatic nitrogens is 1. The molecule has 1 heterocycles. The van der Waals surface area contributed by atoms with Crippen LogP contribution in [0.3, 0.4) is 0 Å². The molecule has 0 amide bonds. The third-order valence-electron chi connectivity index (χ3n) is 5.52. The Morgan fingerprint density at radius 2 is 2.21 bits per heavy atom. The number of carbonyl (C=O) groups is 2. The zero-order chi connectivity index (χ0) is 21.3. The van der Waals surface area contributed by atoms with Gasteiger partial charge in [0.2, 0.25) is 0 Å². The van der Waals surface area contributed by atoms with E-state index in [0.29, 0.717) is 18.6 Å². The predicted molar refractivity (Wildman–Crippen MR) is 119 cm³/mol. The summed E-state index contributed by atoms with van der Waals surface area (Å²) >= 11 is 2.85. The molecule has 7 heteroatoms. The predicted octanol–water partition coefficient (Wildman–Crippen LogP) is 5.59. The first-order valence-electron chi connectivity index (χ1n) is 10.6. The number of thiazole rings is 1. The van der Waals surface area contributed by atoms with E-state index in [1.807, 2.05) is 6.92 Å². The van der Waals surface area contributed by atoms with Gasteiger partial charge in [-0.25, -0.2) is 9.78 Å². The summed E-state index contributed by atoms with van der Waals surface area (Å²) in [6.45, 7) is 4.08. The van der Waals surface area contributed by atoms with Crippen LogP contribution >= 0.6 is 23.1 Å². The summed E-state index contributed by atoms with van der Waals surface area (Å²) in [5, 5.41) is 21.0. The van der Waals surface area contributed by atoms with Gasteiger partial charge >= 0.3 is 5.97 Å². The highest BCUT2D eigenvalue weighted by molar-refractivity contribution is 8.01. The lowest BCUT2D eigenvalue weighted by atomic mass is 9.90. The number of hydrogen-bond donors (Lipinski definition) is 2. The minimum absolute atomic E-state index is 0.0205. The van der Waals surface area contributed by atoms with Gasteiger partial charge in [0, 0.05) is 23.5 Å². The van der Waals surface area contributed by atoms with Crippen LogP contribution in [0.25, 0.3) is 0 Å². The van der Waals surface area contributed by atoms with E-state index in [-0.39, 0.29) is 17.5 Å². The number of carbonyl (C=O) groups excluding carboxylic acids is 1. The molecule has 29 heavy (non-hydrogen) atoms. The summed E-state index contributed by atoms with van der Waals surface area (Å²) in [5.74, 6) is 0.321. The number of unbranched alkanes of at least 4 members (excludes halogenated alkanes) is 3. The molecule has 0 aliphatic heterocycles. The standard InChI is InChI=1S/C22H33NO4S2/c1-3-4-5-6-12-22(2,27)13-7-8-16-9-10-19(24)17(16)11-14-28-21-23-18(15-29-21)20(25)26/h7-8,15-17,27H,3-6,9-14H2,1-2H3,(H,25,26)/t16-,17+,22?/m0/s1. The van der Waals surface area contributed by atoms with Gasteiger partial charge in [-0.3, -0.25) is 4.79 Å². The summed E-state index contributed by atoms with van der Waals surface area (Å²) in [7, 11) is 0. The summed E-state index contributed by atoms with van der Waals surface area (Å²) in [6, 6.07) is 0. The number of thioether (sulfide) groups is 1. The van der Waals surface area contributed by atoms with Crippen molar-refractivity contribution in [2.75, 3.05) is 5.75 Å². The van der Waals surface area contributed by atoms with Crippen molar-refractivity contribution in [3.05, 3.63) is 23.2 Å². The molecule has 2 rings (SSSR count). The van der Waals surface area contributed by atoms with E-state index in [4.69, 9.17) is 5.11 Å². The lowest BCUT2D eigenvalue weighted by molar-refractivity contribution is -0.121. The van der Waals surface area contributed by atoms with Gasteiger partial charge in [-0.1, -0.05) is 56.5 Å². The first kappa shape index (κ1) is 24.1. The Bertz CT molecular complexity index is 699. The Balaban J connectivity index is 1.78. The number of Topliss-reactive ketones (excluding diaryl/α,β-unsaturated/α-hetero) is 1. The van der Waals surface area contributed by atoms with Crippen molar-refractivity contribution in [1.82, 2.24) is 4.98 Å². The van der Waals surface area contributed by atoms with E-state index in [1.165, 1.54) is 42.4 Å². The minimum Gasteiger partial charge on any atom is -0.476 e. The molecule has 1 fully saturated rings. The summed E-state index contributed by atoms with van der Waals surface area (Å²) in [5.41, 5.74) is -0.595. The topological polar surface area (TPSA) is 87.5 Å². The number of aliphatic hydroxyl groups is 1. The van der Waals surface area contributed by atoms with Crippen molar-refractivity contribution in [1.29, 1.82) is 0 Å². The normalized spacial score (nSPS) is 21.7. The largest absolute Gasteiger partial charge is 0.476 e. The van der Waals surface area contributed by atoms with Crippen LogP contribution in [0.4, 0.5) is 0 Å². The molecule has 0 aromatic carbocycles. The van der Waals surface area contributed by atoms with E-state index in [2.05, 4.69) is 24.1 Å². The molecule has 5 nitrogen and oxygen atoms in total. The number of carboxylic acid groups (broad SMARTS) is 1. The van der Waals surface area contributed by atoms with Crippen molar-refractivity contribution in [2.24, 2.45) is 11.8 Å². The van der Waals surface area contributed by atoms with Gasteiger partial charge in [-0.15, -0.1) is 11.3 Å². The highest BCUT2D eigenvalue weighted by Gasteiger charge is 2.32. The molecule has 1 aromatic heterocycles. The highest BCUT2D eigenvalue weighted by Crippen LogP contribution is 2.35. The smallest absolute Gasteiger partial charge is 0.355 e. The second-order valence-corrected chi connectivity index (χ2v) is 10.4. The lowest BCUT2D eigenvalue weighted by Crippen LogP contribution is -2.23. The van der Waals surface area contributed by atoms with Crippen LogP contribution in [0.15, 0.2) is 21.9 Å². The number of nitrogens with zero attached hydrogens (tertiary/aromatic N) is 1. The molecule has 0 spiro atoms. The van der Waals surface area contributed by atoms with E-state index < -0.39 is 11.6 Å². The molecule has 0 bridgehead atoms. The van der Waals surface area contributed by atoms with E-state index in [0.717, 1.165) is 35.8 Å². The minimum atomic E-state index is -1.01. The lowest BCUT2D eigenvalue weighted by Gasteiger charge is -2.22. The molecule has 1 aliphatic rings. The SMILES string of the molecule is CCCCCCC(C)(O)CC=C[C@H]1CCC(=O)[C@@H]1CCSc1nc(C(=O)O)cs1. The molecule has 2 N–H and O–H groups in total. The summed E-state index contributed by atoms with van der Waals surface area (Å²) in [6.07, 6.45) is 12.5. The second kappa shape index (κ2) is 11.9. The third-order valence-corrected chi connectivity index (χ3v) is 7.58. The van der Waals surface area contributed by atoms with Gasteiger partial charge in [-0.05, 0) is 38.5 Å². The first-order chi connectivity index (χ1) is 13.8. The molecule has 0 saturated heterocycles. The number of rotatable bonds is 13. The van der Waals surface area contributed by atoms with Crippen LogP contribution in [-0.4, -0.2) is 38.3 Å². The Labute approximate surface area is 182 Å². The molecular formula is C22H33NO4S2. The molecule has 162 valence electrons. The van der Waals surface area contributed by atoms with Crippen LogP contribution in [0.1, 0.15) is 82.1 Å². The van der Waals surface area contributed by atoms with Gasteiger partial charge in [-0.2, -0.15) is 0 Å². The maximum absolute atomic E-state index is 12.3. The monoisotopic (exact) mass is 439 g/mol. The van der Waals surface area contributed by atoms with Crippen LogP contribution < -0.4 is 0 Å². The van der Waals surface area contributed by atoms with Crippen molar-refractivity contribution >= 4 is 34.9 Å². The quantitative estimate of drug-likeness (QED) is 0.237. The van der Waals surface area contributed by atoms with E-state index >= 15 is 0 Å². The zero-order valence-corrected chi connectivity index (χ0v) is 19.1. The number of allylic oxidation sites excluding steroid dienone is 1. The second-order valence-electron chi connectivity index (χ2n) is 8.16. The fourth-order valence-electron chi connectivity index (χ4n) is 3.77. The molecule has 1 unspecified atom stereocenters. The highest BCUT2D eigenvalue weighted by atomic mass is 32.2. The van der Waals surface area contributed by atoms with Gasteiger partial charge < -0.3 is 10.2 Å². The average Bonchev–Trinajstić information content (AvgIpc) is 3.27. The zero-order valence-electron chi connectivity index (χ0n) is 17.4. The maximum atomic E-state index is 12.3. The van der Waals surface area contributed by atoms with Crippen LogP contribution in [-0.2, 0) is 4.79 Å². The number of ketones is 1. The summed E-state index contributed by atoms with van der Waals surface area (Å²) < 4.78 is 0.735. The van der Waals surface area contributed by atoms with Gasteiger partial charge in [0.05, 0.1) is 5.60 Å². The first-order valence-corrected chi connectivity index (χ1v) is 12.4. The molecule has 1 aromatic rings. The average molecular weight is 440 g/mol. The molecule has 1 aliphatic carbocycles. The van der Waals surface area contributed by atoms with Crippen LogP contribution in [0, 0.1) is 11.8 Å². The fraction of sp³-hybridized carbons (Fsp3) is 0.682. The number of hydrogen-bond acceptors (Lipinski definition) is 6. The molecular weight excluding hydrogens is 406 g/mol. The van der Waals surface area contributed by atoms with E-state index in [1.54, 1.807) is 5.38 Å². The Kier molecular flexibility index (Phi) is 9.86. The molecule has 3 atom stereocenters. The third kappa shape index (κ3) is 8.22. The fourth-order valence-corrected chi connectivity index (χ4v) is 5.66. The van der Waals surface area contributed by atoms with Crippen LogP contribution in [0.5, 0.6) is 0 Å². The van der Waals surface area contributed by atoms with Crippen molar-refractivity contribution in [2.45, 2.75) is 81.6 Å². The Morgan fingerprint density at radius 3 is 2.90 bits per heavy atom. The van der Waals surface area contributed by atoms with Crippen molar-refractivity contribution in [3.63, 3.8) is 0 Å². The Morgan fingerprint density at radius 1 is 1.41 bits per heavy atom. The van der Waals surface area contributed by atoms with Crippen molar-refractivity contribution in [3.8, 4) is 0 Å². The van der Waals surface area contributed by atoms with Crippen LogP contribution in [0.2, 0.25) is 0 Å². The maximum Gasteiger partial charge on any atom is 0.355 e.